The largest absolute Gasteiger partial charge is 0.394 e. The predicted molar refractivity (Wildman–Crippen MR) is 54.9 cm³/mol. The van der Waals surface area contributed by atoms with Crippen LogP contribution in [0.15, 0.2) is 5.11 Å². The molecule has 0 unspecified atom stereocenters. The Morgan fingerprint density at radius 1 is 1.39 bits per heavy atom. The second-order valence-electron chi connectivity index (χ2n) is 3.50. The maximum Gasteiger partial charge on any atom is 0.260 e. The van der Waals surface area contributed by atoms with Crippen LogP contribution in [0, 0.1) is 0 Å². The molecular formula is C8H13N3O7. The van der Waals surface area contributed by atoms with Gasteiger partial charge in [0.15, 0.2) is 5.78 Å². The molecule has 0 rings (SSSR count). The summed E-state index contributed by atoms with van der Waals surface area (Å²) in [5.74, 6) is -3.02. The highest BCUT2D eigenvalue weighted by Gasteiger charge is 2.51. The highest BCUT2D eigenvalue weighted by atomic mass is 16.4. The van der Waals surface area contributed by atoms with Crippen molar-refractivity contribution in [2.75, 3.05) is 6.61 Å². The number of amides is 1. The lowest BCUT2D eigenvalue weighted by Gasteiger charge is -2.32. The van der Waals surface area contributed by atoms with Gasteiger partial charge >= 0.3 is 0 Å². The number of aliphatic hydroxyl groups excluding tert-OH is 4. The number of ketones is 1. The van der Waals surface area contributed by atoms with E-state index in [4.69, 9.17) is 15.7 Å². The summed E-state index contributed by atoms with van der Waals surface area (Å²) < 4.78 is 0. The second-order valence-corrected chi connectivity index (χ2v) is 3.50. The van der Waals surface area contributed by atoms with Crippen molar-refractivity contribution in [2.45, 2.75) is 30.8 Å². The summed E-state index contributed by atoms with van der Waals surface area (Å²) in [7, 11) is 0. The molecule has 0 fully saturated rings. The Kier molecular flexibility index (Phi) is 5.85. The van der Waals surface area contributed by atoms with Crippen LogP contribution in [-0.4, -0.2) is 67.7 Å². The van der Waals surface area contributed by atoms with Gasteiger partial charge in [-0.1, -0.05) is 0 Å². The number of Topliss-reactive ketones (excluding diaryl/α,β-unsaturated/α-hetero) is 1. The van der Waals surface area contributed by atoms with Crippen molar-refractivity contribution in [3.63, 3.8) is 0 Å². The van der Waals surface area contributed by atoms with Crippen LogP contribution in [0.2, 0.25) is 0 Å². The van der Waals surface area contributed by atoms with Gasteiger partial charge in [0.2, 0.25) is 5.60 Å². The van der Waals surface area contributed by atoms with E-state index in [9.17, 15) is 24.9 Å². The lowest BCUT2D eigenvalue weighted by molar-refractivity contribution is -0.179. The second kappa shape index (κ2) is 6.40. The van der Waals surface area contributed by atoms with Crippen molar-refractivity contribution in [2.24, 2.45) is 5.11 Å². The molecule has 0 aliphatic rings. The van der Waals surface area contributed by atoms with Gasteiger partial charge in [-0.3, -0.25) is 9.59 Å². The van der Waals surface area contributed by atoms with Crippen LogP contribution >= 0.6 is 0 Å². The van der Waals surface area contributed by atoms with Gasteiger partial charge in [0, 0.05) is 4.91 Å². The lowest BCUT2D eigenvalue weighted by Crippen LogP contribution is -2.61. The Morgan fingerprint density at radius 2 is 1.89 bits per heavy atom. The molecule has 1 amide bonds. The van der Waals surface area contributed by atoms with Gasteiger partial charge in [-0.2, -0.15) is 0 Å². The summed E-state index contributed by atoms with van der Waals surface area (Å²) in [5.41, 5.74) is 4.85. The van der Waals surface area contributed by atoms with E-state index in [1.807, 2.05) is 4.91 Å². The van der Waals surface area contributed by atoms with Crippen molar-refractivity contribution < 1.29 is 35.1 Å². The van der Waals surface area contributed by atoms with Crippen molar-refractivity contribution in [3.8, 4) is 0 Å². The van der Waals surface area contributed by atoms with Gasteiger partial charge in [0.25, 0.3) is 5.91 Å². The molecule has 10 nitrogen and oxygen atoms in total. The molecule has 0 heterocycles. The minimum atomic E-state index is -3.19. The Labute approximate surface area is 101 Å². The summed E-state index contributed by atoms with van der Waals surface area (Å²) in [6, 6.07) is 0. The zero-order valence-corrected chi connectivity index (χ0v) is 9.33. The average molecular weight is 263 g/mol. The fourth-order valence-corrected chi connectivity index (χ4v) is 1.17. The molecule has 0 bridgehead atoms. The number of hydrogen-bond acceptors (Lipinski definition) is 7. The van der Waals surface area contributed by atoms with Crippen LogP contribution in [0.4, 0.5) is 0 Å². The van der Waals surface area contributed by atoms with E-state index < -0.39 is 42.2 Å². The Hall–Kier alpha value is -1.55. The summed E-state index contributed by atoms with van der Waals surface area (Å²) in [5, 5.41) is 48.6. The molecule has 0 saturated carbocycles. The molecule has 102 valence electrons. The van der Waals surface area contributed by atoms with Crippen LogP contribution in [0.3, 0.4) is 0 Å². The third-order valence-corrected chi connectivity index (χ3v) is 2.33. The van der Waals surface area contributed by atoms with Gasteiger partial charge in [-0.25, -0.2) is 0 Å². The maximum atomic E-state index is 11.3. The van der Waals surface area contributed by atoms with E-state index in [2.05, 4.69) is 5.11 Å². The third-order valence-electron chi connectivity index (χ3n) is 2.33. The van der Waals surface area contributed by atoms with E-state index in [0.29, 0.717) is 6.92 Å². The van der Waals surface area contributed by atoms with E-state index in [0.717, 1.165) is 0 Å². The Balaban J connectivity index is 5.42. The number of azide groups is 1. The first kappa shape index (κ1) is 16.4. The van der Waals surface area contributed by atoms with Crippen LogP contribution < -0.4 is 0 Å². The lowest BCUT2D eigenvalue weighted by atomic mass is 9.86. The summed E-state index contributed by atoms with van der Waals surface area (Å²) >= 11 is 0. The fraction of sp³-hybridized carbons (Fsp3) is 0.750. The number of carbonyl (C=O) groups excluding carboxylic acids is 2. The molecule has 0 aromatic carbocycles. The minimum Gasteiger partial charge on any atom is -0.394 e. The smallest absolute Gasteiger partial charge is 0.260 e. The van der Waals surface area contributed by atoms with E-state index in [1.165, 1.54) is 0 Å². The quantitative estimate of drug-likeness (QED) is 0.148. The number of rotatable bonds is 6. The first-order valence-electron chi connectivity index (χ1n) is 4.71. The maximum absolute atomic E-state index is 11.3. The number of carbonyl (C=O) groups is 2. The molecule has 5 N–H and O–H groups in total. The molecule has 0 aliphatic heterocycles. The summed E-state index contributed by atoms with van der Waals surface area (Å²) in [4.78, 5) is 24.5. The van der Waals surface area contributed by atoms with E-state index in [-0.39, 0.29) is 0 Å². The first-order valence-corrected chi connectivity index (χ1v) is 4.71. The molecule has 0 spiro atoms. The number of aliphatic hydroxyl groups is 5. The number of hydrogen-bond donors (Lipinski definition) is 5. The normalized spacial score (nSPS) is 19.0. The molecule has 0 aromatic heterocycles. The SMILES string of the molecule is CC(=O)[C@](O)(C(=O)N=[N+]=[N-])[C@@H](O)[C@H](O)[C@H](O)CO. The van der Waals surface area contributed by atoms with Gasteiger partial charge in [-0.05, 0) is 17.6 Å². The molecular weight excluding hydrogens is 250 g/mol. The standard InChI is InChI=1S/C8H13N3O7/c1-3(13)8(18,7(17)10-11-9)6(16)5(15)4(14)2-12/h4-6,12,14-16,18H,2H2,1H3/t4-,5-,6+,8-/m1/s1. The van der Waals surface area contributed by atoms with Crippen LogP contribution in [0.25, 0.3) is 10.4 Å². The van der Waals surface area contributed by atoms with Gasteiger partial charge < -0.3 is 25.5 Å². The van der Waals surface area contributed by atoms with E-state index >= 15 is 0 Å². The number of nitrogens with zero attached hydrogens (tertiary/aromatic N) is 3. The van der Waals surface area contributed by atoms with Crippen LogP contribution in [-0.2, 0) is 9.59 Å². The predicted octanol–water partition coefficient (Wildman–Crippen LogP) is -2.78. The van der Waals surface area contributed by atoms with Crippen LogP contribution in [0.1, 0.15) is 6.92 Å². The van der Waals surface area contributed by atoms with Gasteiger partial charge in [0.05, 0.1) is 6.61 Å². The van der Waals surface area contributed by atoms with Crippen molar-refractivity contribution >= 4 is 11.7 Å². The van der Waals surface area contributed by atoms with Crippen molar-refractivity contribution in [1.29, 1.82) is 0 Å². The molecule has 10 heteroatoms. The Morgan fingerprint density at radius 3 is 2.22 bits per heavy atom. The first-order chi connectivity index (χ1) is 8.23. The third kappa shape index (κ3) is 3.01. The molecule has 0 aromatic rings. The van der Waals surface area contributed by atoms with E-state index in [1.54, 1.807) is 0 Å². The molecule has 0 saturated heterocycles. The highest BCUT2D eigenvalue weighted by Crippen LogP contribution is 2.19. The van der Waals surface area contributed by atoms with Crippen LogP contribution in [0.5, 0.6) is 0 Å². The Bertz CT molecular complexity index is 381. The molecule has 18 heavy (non-hydrogen) atoms. The topological polar surface area (TPSA) is 184 Å². The zero-order chi connectivity index (χ0) is 14.5. The minimum absolute atomic E-state index is 0.714. The van der Waals surface area contributed by atoms with Gasteiger partial charge in [0.1, 0.15) is 18.3 Å². The summed E-state index contributed by atoms with van der Waals surface area (Å²) in [6.07, 6.45) is -6.55. The van der Waals surface area contributed by atoms with Crippen molar-refractivity contribution in [3.05, 3.63) is 10.4 Å². The average Bonchev–Trinajstić information content (AvgIpc) is 2.34. The molecule has 0 radical (unpaired) electrons. The highest BCUT2D eigenvalue weighted by molar-refractivity contribution is 6.09. The summed E-state index contributed by atoms with van der Waals surface area (Å²) in [6.45, 7) is -0.270. The fourth-order valence-electron chi connectivity index (χ4n) is 1.17. The van der Waals surface area contributed by atoms with Gasteiger partial charge in [-0.15, -0.1) is 0 Å². The molecule has 4 atom stereocenters. The monoisotopic (exact) mass is 263 g/mol. The van der Waals surface area contributed by atoms with Crippen molar-refractivity contribution in [1.82, 2.24) is 0 Å². The molecule has 0 aliphatic carbocycles. The zero-order valence-electron chi connectivity index (χ0n) is 9.33.